The molecule has 2 nitrogen and oxygen atoms in total. The van der Waals surface area contributed by atoms with E-state index in [2.05, 4.69) is 27.6 Å². The summed E-state index contributed by atoms with van der Waals surface area (Å²) in [6, 6.07) is 8.00. The highest BCUT2D eigenvalue weighted by molar-refractivity contribution is 14.1. The van der Waals surface area contributed by atoms with Gasteiger partial charge in [-0.1, -0.05) is 23.2 Å². The lowest BCUT2D eigenvalue weighted by atomic mass is 10.2. The van der Waals surface area contributed by atoms with Crippen molar-refractivity contribution in [2.75, 3.05) is 0 Å². The molecule has 7 heteroatoms. The first kappa shape index (κ1) is 14.3. The highest BCUT2D eigenvalue weighted by Crippen LogP contribution is 2.30. The summed E-state index contributed by atoms with van der Waals surface area (Å²) in [5.74, 6) is -0.286. The topological polar surface area (TPSA) is 20.7 Å². The molecule has 3 rings (SSSR count). The zero-order chi connectivity index (χ0) is 14.4. The zero-order valence-electron chi connectivity index (χ0n) is 9.75. The van der Waals surface area contributed by atoms with Crippen LogP contribution in [0.5, 0.6) is 0 Å². The molecule has 1 heterocycles. The van der Waals surface area contributed by atoms with E-state index >= 15 is 0 Å². The van der Waals surface area contributed by atoms with Crippen LogP contribution in [-0.2, 0) is 0 Å². The number of benzene rings is 2. The molecule has 0 fully saturated rings. The normalized spacial score (nSPS) is 11.2. The second-order valence-corrected chi connectivity index (χ2v) is 6.51. The summed E-state index contributed by atoms with van der Waals surface area (Å²) in [5, 5.41) is 0.899. The van der Waals surface area contributed by atoms with E-state index in [1.807, 2.05) is 4.57 Å². The Bertz CT molecular complexity index is 888. The third-order valence-corrected chi connectivity index (χ3v) is 4.75. The van der Waals surface area contributed by atoms with Crippen LogP contribution in [0.1, 0.15) is 0 Å². The summed E-state index contributed by atoms with van der Waals surface area (Å²) >= 11 is 19.5. The van der Waals surface area contributed by atoms with Crippen molar-refractivity contribution in [3.05, 3.63) is 54.5 Å². The summed E-state index contributed by atoms with van der Waals surface area (Å²) in [5.41, 5.74) is 2.38. The highest BCUT2D eigenvalue weighted by atomic mass is 127. The fraction of sp³-hybridized carbons (Fsp3) is 0. The number of nitrogens with zero attached hydrogens (tertiary/aromatic N) is 1. The molecule has 0 aliphatic carbocycles. The maximum atomic E-state index is 13.2. The number of aromatic nitrogens is 2. The first-order chi connectivity index (χ1) is 9.47. The Labute approximate surface area is 142 Å². The van der Waals surface area contributed by atoms with Crippen LogP contribution < -0.4 is 0 Å². The smallest absolute Gasteiger partial charge is 0.182 e. The van der Waals surface area contributed by atoms with E-state index in [1.54, 1.807) is 18.2 Å². The van der Waals surface area contributed by atoms with Gasteiger partial charge in [0.25, 0.3) is 0 Å². The largest absolute Gasteiger partial charge is 0.330 e. The number of hydrogen-bond donors (Lipinski definition) is 1. The van der Waals surface area contributed by atoms with E-state index in [0.29, 0.717) is 14.8 Å². The predicted molar refractivity (Wildman–Crippen MR) is 91.2 cm³/mol. The fourth-order valence-electron chi connectivity index (χ4n) is 2.00. The standard InChI is InChI=1S/C13H6Cl2FIN2S/c14-7-4-10-12(5-8(7)15)19(13(20)18-10)11-2-1-6(16)3-9(11)17/h1-5H,(H,18,20). The van der Waals surface area contributed by atoms with E-state index in [9.17, 15) is 4.39 Å². The maximum absolute atomic E-state index is 13.2. The molecule has 0 radical (unpaired) electrons. The number of rotatable bonds is 1. The second-order valence-electron chi connectivity index (χ2n) is 4.14. The summed E-state index contributed by atoms with van der Waals surface area (Å²) in [4.78, 5) is 3.07. The van der Waals surface area contributed by atoms with Crippen molar-refractivity contribution < 1.29 is 4.39 Å². The molecule has 0 saturated heterocycles. The van der Waals surface area contributed by atoms with Gasteiger partial charge in [-0.25, -0.2) is 4.39 Å². The predicted octanol–water partition coefficient (Wildman–Crippen LogP) is 5.74. The summed E-state index contributed by atoms with van der Waals surface area (Å²) in [7, 11) is 0. The number of imidazole rings is 1. The third-order valence-electron chi connectivity index (χ3n) is 2.87. The molecule has 0 unspecified atom stereocenters. The first-order valence-corrected chi connectivity index (χ1v) is 7.77. The van der Waals surface area contributed by atoms with E-state index < -0.39 is 0 Å². The molecule has 0 spiro atoms. The van der Waals surface area contributed by atoms with Gasteiger partial charge >= 0.3 is 0 Å². The van der Waals surface area contributed by atoms with Gasteiger partial charge in [-0.2, -0.15) is 0 Å². The van der Waals surface area contributed by atoms with Gasteiger partial charge in [-0.3, -0.25) is 4.57 Å². The Morgan fingerprint density at radius 3 is 2.55 bits per heavy atom. The van der Waals surface area contributed by atoms with Crippen LogP contribution in [-0.4, -0.2) is 9.55 Å². The lowest BCUT2D eigenvalue weighted by molar-refractivity contribution is 0.626. The third kappa shape index (κ3) is 2.36. The molecule has 20 heavy (non-hydrogen) atoms. The fourth-order valence-corrected chi connectivity index (χ4v) is 3.35. The van der Waals surface area contributed by atoms with Crippen molar-refractivity contribution in [1.29, 1.82) is 0 Å². The SMILES string of the molecule is Fc1ccc(-n2c(=S)[nH]c3cc(Cl)c(Cl)cc32)c(I)c1. The molecule has 2 aromatic carbocycles. The number of H-pyrrole nitrogens is 1. The van der Waals surface area contributed by atoms with Crippen LogP contribution in [0.2, 0.25) is 10.0 Å². The van der Waals surface area contributed by atoms with Crippen molar-refractivity contribution in [3.63, 3.8) is 0 Å². The minimum absolute atomic E-state index is 0.286. The van der Waals surface area contributed by atoms with Gasteiger partial charge in [-0.15, -0.1) is 0 Å². The van der Waals surface area contributed by atoms with E-state index in [0.717, 1.165) is 20.3 Å². The van der Waals surface area contributed by atoms with E-state index in [4.69, 9.17) is 35.4 Å². The Balaban J connectivity index is 2.39. The molecule has 1 N–H and O–H groups in total. The number of aromatic amines is 1. The molecular weight excluding hydrogens is 433 g/mol. The van der Waals surface area contributed by atoms with Crippen LogP contribution in [0.25, 0.3) is 16.7 Å². The Hall–Kier alpha value is -0.630. The van der Waals surface area contributed by atoms with Crippen LogP contribution >= 0.6 is 58.0 Å². The lowest BCUT2D eigenvalue weighted by Crippen LogP contribution is -1.97. The Morgan fingerprint density at radius 2 is 1.85 bits per heavy atom. The van der Waals surface area contributed by atoms with Gasteiger partial charge in [0.15, 0.2) is 4.77 Å². The molecule has 0 bridgehead atoms. The minimum Gasteiger partial charge on any atom is -0.330 e. The van der Waals surface area contributed by atoms with Gasteiger partial charge in [0.2, 0.25) is 0 Å². The van der Waals surface area contributed by atoms with Gasteiger partial charge in [0.1, 0.15) is 5.82 Å². The number of halogens is 4. The number of nitrogens with one attached hydrogen (secondary N) is 1. The monoisotopic (exact) mass is 438 g/mol. The average Bonchev–Trinajstić information content (AvgIpc) is 2.66. The molecule has 102 valence electrons. The second kappa shape index (κ2) is 5.29. The molecule has 0 saturated carbocycles. The average molecular weight is 439 g/mol. The highest BCUT2D eigenvalue weighted by Gasteiger charge is 2.12. The zero-order valence-corrected chi connectivity index (χ0v) is 14.2. The number of fused-ring (bicyclic) bond motifs is 1. The van der Waals surface area contributed by atoms with Crippen molar-refractivity contribution in [1.82, 2.24) is 9.55 Å². The minimum atomic E-state index is -0.286. The Morgan fingerprint density at radius 1 is 1.15 bits per heavy atom. The summed E-state index contributed by atoms with van der Waals surface area (Å²) in [6.45, 7) is 0. The quantitative estimate of drug-likeness (QED) is 0.379. The molecule has 0 amide bonds. The molecule has 3 aromatic rings. The van der Waals surface area contributed by atoms with Gasteiger partial charge < -0.3 is 4.98 Å². The Kier molecular flexibility index (Phi) is 3.79. The first-order valence-electron chi connectivity index (χ1n) is 5.52. The van der Waals surface area contributed by atoms with Crippen LogP contribution in [0.4, 0.5) is 4.39 Å². The van der Waals surface area contributed by atoms with Crippen molar-refractivity contribution in [2.24, 2.45) is 0 Å². The molecule has 1 aromatic heterocycles. The summed E-state index contributed by atoms with van der Waals surface area (Å²) in [6.07, 6.45) is 0. The van der Waals surface area contributed by atoms with Gasteiger partial charge in [-0.05, 0) is 65.1 Å². The van der Waals surface area contributed by atoms with Crippen molar-refractivity contribution in [3.8, 4) is 5.69 Å². The molecule has 0 aliphatic heterocycles. The van der Waals surface area contributed by atoms with Crippen LogP contribution in [0.3, 0.4) is 0 Å². The van der Waals surface area contributed by atoms with E-state index in [-0.39, 0.29) is 5.82 Å². The maximum Gasteiger partial charge on any atom is 0.182 e. The molecular formula is C13H6Cl2FIN2S. The van der Waals surface area contributed by atoms with Crippen LogP contribution in [0.15, 0.2) is 30.3 Å². The summed E-state index contributed by atoms with van der Waals surface area (Å²) < 4.78 is 16.3. The van der Waals surface area contributed by atoms with Gasteiger partial charge in [0.05, 0.1) is 26.8 Å². The van der Waals surface area contributed by atoms with E-state index in [1.165, 1.54) is 12.1 Å². The molecule has 0 atom stereocenters. The number of hydrogen-bond acceptors (Lipinski definition) is 1. The lowest BCUT2D eigenvalue weighted by Gasteiger charge is -2.08. The van der Waals surface area contributed by atoms with Crippen molar-refractivity contribution >= 4 is 69.0 Å². The molecule has 0 aliphatic rings. The van der Waals surface area contributed by atoms with Crippen LogP contribution in [0, 0.1) is 14.2 Å². The van der Waals surface area contributed by atoms with Crippen molar-refractivity contribution in [2.45, 2.75) is 0 Å². The van der Waals surface area contributed by atoms with Gasteiger partial charge in [0, 0.05) is 3.57 Å².